The fourth-order valence-electron chi connectivity index (χ4n) is 3.96. The van der Waals surface area contributed by atoms with E-state index in [1.807, 2.05) is 19.9 Å². The molecule has 2 unspecified atom stereocenters. The molecule has 0 spiro atoms. The second kappa shape index (κ2) is 8.13. The number of carbonyl (C=O) groups excluding carboxylic acids is 1. The predicted molar refractivity (Wildman–Crippen MR) is 99.7 cm³/mol. The Morgan fingerprint density at radius 3 is 2.64 bits per heavy atom. The van der Waals surface area contributed by atoms with Crippen LogP contribution >= 0.6 is 0 Å². The Morgan fingerprint density at radius 1 is 1.24 bits per heavy atom. The lowest BCUT2D eigenvalue weighted by Gasteiger charge is -2.39. The van der Waals surface area contributed by atoms with E-state index in [4.69, 9.17) is 0 Å². The molecule has 1 amide bonds. The number of amides is 1. The maximum absolute atomic E-state index is 12.2. The third-order valence-electron chi connectivity index (χ3n) is 5.46. The molecule has 138 valence electrons. The molecule has 2 fully saturated rings. The number of likely N-dealkylation sites (N-methyl/N-ethyl adjacent to an activating group) is 1. The van der Waals surface area contributed by atoms with E-state index in [0.29, 0.717) is 5.92 Å². The molecule has 2 aliphatic rings. The van der Waals surface area contributed by atoms with E-state index in [0.717, 1.165) is 62.9 Å². The van der Waals surface area contributed by atoms with Crippen LogP contribution in [0.25, 0.3) is 0 Å². The van der Waals surface area contributed by atoms with Crippen molar-refractivity contribution in [3.05, 3.63) is 17.5 Å². The van der Waals surface area contributed by atoms with Crippen molar-refractivity contribution in [2.45, 2.75) is 52.5 Å². The first kappa shape index (κ1) is 18.1. The van der Waals surface area contributed by atoms with Gasteiger partial charge in [-0.2, -0.15) is 0 Å². The van der Waals surface area contributed by atoms with Crippen molar-refractivity contribution in [3.8, 4) is 0 Å². The van der Waals surface area contributed by atoms with Crippen LogP contribution < -0.4 is 10.2 Å². The summed E-state index contributed by atoms with van der Waals surface area (Å²) in [5.41, 5.74) is 2.05. The van der Waals surface area contributed by atoms with Gasteiger partial charge in [0.2, 0.25) is 11.9 Å². The van der Waals surface area contributed by atoms with E-state index >= 15 is 0 Å². The zero-order valence-electron chi connectivity index (χ0n) is 15.8. The van der Waals surface area contributed by atoms with E-state index in [1.54, 1.807) is 0 Å². The van der Waals surface area contributed by atoms with Gasteiger partial charge in [-0.05, 0) is 58.1 Å². The topological polar surface area (TPSA) is 61.4 Å². The Bertz CT molecular complexity index is 583. The molecular weight excluding hydrogens is 314 g/mol. The summed E-state index contributed by atoms with van der Waals surface area (Å²) < 4.78 is 0. The number of likely N-dealkylation sites (tertiary alicyclic amines) is 1. The molecule has 0 radical (unpaired) electrons. The maximum Gasteiger partial charge on any atom is 0.237 e. The summed E-state index contributed by atoms with van der Waals surface area (Å²) in [5.74, 6) is 1.67. The average molecular weight is 345 g/mol. The Morgan fingerprint density at radius 2 is 2.00 bits per heavy atom. The van der Waals surface area contributed by atoms with Gasteiger partial charge in [-0.1, -0.05) is 6.92 Å². The van der Waals surface area contributed by atoms with Gasteiger partial charge in [0.1, 0.15) is 0 Å². The van der Waals surface area contributed by atoms with E-state index in [-0.39, 0.29) is 11.9 Å². The number of rotatable bonds is 6. The van der Waals surface area contributed by atoms with Crippen molar-refractivity contribution >= 4 is 11.9 Å². The third kappa shape index (κ3) is 4.48. The zero-order valence-corrected chi connectivity index (χ0v) is 15.8. The van der Waals surface area contributed by atoms with Gasteiger partial charge in [-0.15, -0.1) is 0 Å². The average Bonchev–Trinajstić information content (AvgIpc) is 2.53. The predicted octanol–water partition coefficient (Wildman–Crippen LogP) is 1.91. The summed E-state index contributed by atoms with van der Waals surface area (Å²) in [5, 5.41) is 3.14. The Labute approximate surface area is 151 Å². The summed E-state index contributed by atoms with van der Waals surface area (Å²) >= 11 is 0. The SMILES string of the molecule is CCN1CCC1C(=O)NCCC1CCCN(c2nc(C)cc(C)n2)C1. The van der Waals surface area contributed by atoms with E-state index < -0.39 is 0 Å². The number of carbonyl (C=O) groups is 1. The second-order valence-electron chi connectivity index (χ2n) is 7.42. The molecule has 2 aliphatic heterocycles. The van der Waals surface area contributed by atoms with Crippen LogP contribution in [-0.4, -0.2) is 59.5 Å². The fourth-order valence-corrected chi connectivity index (χ4v) is 3.96. The number of anilines is 1. The van der Waals surface area contributed by atoms with Crippen molar-refractivity contribution < 1.29 is 4.79 Å². The molecule has 0 aromatic carbocycles. The molecule has 6 heteroatoms. The van der Waals surface area contributed by atoms with Gasteiger partial charge >= 0.3 is 0 Å². The monoisotopic (exact) mass is 345 g/mol. The van der Waals surface area contributed by atoms with Gasteiger partial charge in [0.15, 0.2) is 0 Å². The van der Waals surface area contributed by atoms with Crippen molar-refractivity contribution in [2.24, 2.45) is 5.92 Å². The number of aromatic nitrogens is 2. The number of hydrogen-bond donors (Lipinski definition) is 1. The standard InChI is InChI=1S/C19H31N5O/c1-4-23-11-8-17(23)18(25)20-9-7-16-6-5-10-24(13-16)19-21-14(2)12-15(3)22-19/h12,16-17H,4-11,13H2,1-3H3,(H,20,25). The minimum absolute atomic E-state index is 0.108. The molecule has 3 rings (SSSR count). The van der Waals surface area contributed by atoms with Gasteiger partial charge in [-0.25, -0.2) is 9.97 Å². The molecule has 3 heterocycles. The van der Waals surface area contributed by atoms with Crippen LogP contribution in [0, 0.1) is 19.8 Å². The van der Waals surface area contributed by atoms with Crippen molar-refractivity contribution in [3.63, 3.8) is 0 Å². The van der Waals surface area contributed by atoms with E-state index in [2.05, 4.69) is 32.0 Å². The molecular formula is C19H31N5O. The van der Waals surface area contributed by atoms with Crippen LogP contribution in [0.4, 0.5) is 5.95 Å². The maximum atomic E-state index is 12.2. The number of nitrogens with one attached hydrogen (secondary N) is 1. The molecule has 1 aromatic heterocycles. The number of hydrogen-bond acceptors (Lipinski definition) is 5. The van der Waals surface area contributed by atoms with Crippen LogP contribution in [0.5, 0.6) is 0 Å². The molecule has 2 atom stereocenters. The molecule has 0 aliphatic carbocycles. The quantitative estimate of drug-likeness (QED) is 0.853. The van der Waals surface area contributed by atoms with E-state index in [1.165, 1.54) is 12.8 Å². The minimum atomic E-state index is 0.108. The van der Waals surface area contributed by atoms with Crippen molar-refractivity contribution in [1.29, 1.82) is 0 Å². The summed E-state index contributed by atoms with van der Waals surface area (Å²) in [6.45, 7) is 11.0. The van der Waals surface area contributed by atoms with Crippen LogP contribution in [0.2, 0.25) is 0 Å². The first-order chi connectivity index (χ1) is 12.1. The molecule has 0 bridgehead atoms. The molecule has 0 saturated carbocycles. The zero-order chi connectivity index (χ0) is 17.8. The summed E-state index contributed by atoms with van der Waals surface area (Å²) in [6, 6.07) is 2.12. The second-order valence-corrected chi connectivity index (χ2v) is 7.42. The Balaban J connectivity index is 1.46. The normalized spacial score (nSPS) is 24.0. The largest absolute Gasteiger partial charge is 0.355 e. The highest BCUT2D eigenvalue weighted by Crippen LogP contribution is 2.23. The van der Waals surface area contributed by atoms with Crippen LogP contribution in [-0.2, 0) is 4.79 Å². The number of piperidine rings is 1. The lowest BCUT2D eigenvalue weighted by molar-refractivity contribution is -0.130. The summed E-state index contributed by atoms with van der Waals surface area (Å²) in [7, 11) is 0. The first-order valence-corrected chi connectivity index (χ1v) is 9.65. The summed E-state index contributed by atoms with van der Waals surface area (Å²) in [6.07, 6.45) is 4.43. The molecule has 1 N–H and O–H groups in total. The van der Waals surface area contributed by atoms with Gasteiger partial charge in [0.05, 0.1) is 6.04 Å². The summed E-state index contributed by atoms with van der Waals surface area (Å²) in [4.78, 5) is 26.0. The van der Waals surface area contributed by atoms with Crippen molar-refractivity contribution in [1.82, 2.24) is 20.2 Å². The highest BCUT2D eigenvalue weighted by molar-refractivity contribution is 5.82. The minimum Gasteiger partial charge on any atom is -0.355 e. The van der Waals surface area contributed by atoms with Gasteiger partial charge in [0, 0.05) is 37.6 Å². The van der Waals surface area contributed by atoms with Crippen molar-refractivity contribution in [2.75, 3.05) is 37.6 Å². The van der Waals surface area contributed by atoms with Crippen LogP contribution in [0.1, 0.15) is 44.0 Å². The fraction of sp³-hybridized carbons (Fsp3) is 0.737. The van der Waals surface area contributed by atoms with E-state index in [9.17, 15) is 4.79 Å². The van der Waals surface area contributed by atoms with Gasteiger partial charge in [0.25, 0.3) is 0 Å². The molecule has 25 heavy (non-hydrogen) atoms. The Hall–Kier alpha value is -1.69. The van der Waals surface area contributed by atoms with Crippen LogP contribution in [0.3, 0.4) is 0 Å². The lowest BCUT2D eigenvalue weighted by Crippen LogP contribution is -2.56. The number of aryl methyl sites for hydroxylation is 2. The molecule has 1 aromatic rings. The number of nitrogens with zero attached hydrogens (tertiary/aromatic N) is 4. The highest BCUT2D eigenvalue weighted by atomic mass is 16.2. The first-order valence-electron chi connectivity index (χ1n) is 9.65. The smallest absolute Gasteiger partial charge is 0.237 e. The molecule has 6 nitrogen and oxygen atoms in total. The highest BCUT2D eigenvalue weighted by Gasteiger charge is 2.32. The van der Waals surface area contributed by atoms with Gasteiger partial charge in [-0.3, -0.25) is 9.69 Å². The molecule has 2 saturated heterocycles. The third-order valence-corrected chi connectivity index (χ3v) is 5.46. The van der Waals surface area contributed by atoms with Gasteiger partial charge < -0.3 is 10.2 Å². The lowest BCUT2D eigenvalue weighted by atomic mass is 9.94. The van der Waals surface area contributed by atoms with Crippen LogP contribution in [0.15, 0.2) is 6.07 Å². The Kier molecular flexibility index (Phi) is 5.89.